The van der Waals surface area contributed by atoms with E-state index in [4.69, 9.17) is 4.98 Å². The van der Waals surface area contributed by atoms with Gasteiger partial charge in [0, 0.05) is 29.6 Å². The van der Waals surface area contributed by atoms with Gasteiger partial charge in [0.15, 0.2) is 0 Å². The summed E-state index contributed by atoms with van der Waals surface area (Å²) >= 11 is 0. The zero-order chi connectivity index (χ0) is 24.4. The van der Waals surface area contributed by atoms with E-state index in [-0.39, 0.29) is 23.3 Å². The van der Waals surface area contributed by atoms with Crippen LogP contribution in [0, 0.1) is 12.7 Å². The van der Waals surface area contributed by atoms with Gasteiger partial charge in [-0.2, -0.15) is 0 Å². The number of amides is 1. The van der Waals surface area contributed by atoms with Crippen molar-refractivity contribution in [3.63, 3.8) is 0 Å². The predicted octanol–water partition coefficient (Wildman–Crippen LogP) is 6.18. The molecule has 0 radical (unpaired) electrons. The van der Waals surface area contributed by atoms with E-state index in [1.54, 1.807) is 36.4 Å². The SMILES string of the molecule is CC(=O)Nc1nc2cc(C)cc(C(C)Nc3ccccc3C(=O)O)c2cc1-c1ccc(F)cc1. The molecule has 0 saturated heterocycles. The van der Waals surface area contributed by atoms with Gasteiger partial charge in [0.1, 0.15) is 11.6 Å². The number of anilines is 2. The first-order valence-electron chi connectivity index (χ1n) is 10.8. The number of carbonyl (C=O) groups is 2. The summed E-state index contributed by atoms with van der Waals surface area (Å²) in [6.07, 6.45) is 0. The molecule has 1 atom stereocenters. The fourth-order valence-corrected chi connectivity index (χ4v) is 4.03. The molecular formula is C27H24FN3O3. The molecule has 6 nitrogen and oxygen atoms in total. The standard InChI is InChI=1S/C27H24FN3O3/c1-15-12-21(16(2)29-24-7-5-4-6-20(24)27(33)34)23-14-22(18-8-10-19(28)11-9-18)26(30-17(3)32)31-25(23)13-15/h4-14,16,29H,1-3H3,(H,33,34)(H,30,31,32). The number of nitrogens with one attached hydrogen (secondary N) is 2. The Bertz CT molecular complexity index is 1400. The Morgan fingerprint density at radius 1 is 1.03 bits per heavy atom. The Hall–Kier alpha value is -4.26. The van der Waals surface area contributed by atoms with Crippen LogP contribution in [0.15, 0.2) is 66.7 Å². The molecule has 4 rings (SSSR count). The smallest absolute Gasteiger partial charge is 0.337 e. The van der Waals surface area contributed by atoms with E-state index in [1.807, 2.05) is 32.0 Å². The van der Waals surface area contributed by atoms with Gasteiger partial charge < -0.3 is 15.7 Å². The van der Waals surface area contributed by atoms with Gasteiger partial charge in [-0.3, -0.25) is 4.79 Å². The van der Waals surface area contributed by atoms with Crippen molar-refractivity contribution >= 4 is 34.3 Å². The topological polar surface area (TPSA) is 91.3 Å². The summed E-state index contributed by atoms with van der Waals surface area (Å²) in [5, 5.41) is 16.5. The number of carboxylic acids is 1. The van der Waals surface area contributed by atoms with Crippen LogP contribution in [-0.2, 0) is 4.79 Å². The molecule has 1 amide bonds. The van der Waals surface area contributed by atoms with E-state index in [9.17, 15) is 19.1 Å². The lowest BCUT2D eigenvalue weighted by Gasteiger charge is -2.21. The van der Waals surface area contributed by atoms with E-state index in [0.29, 0.717) is 28.1 Å². The largest absolute Gasteiger partial charge is 0.478 e. The molecule has 0 spiro atoms. The number of rotatable bonds is 6. The molecule has 7 heteroatoms. The summed E-state index contributed by atoms with van der Waals surface area (Å²) in [6.45, 7) is 5.31. The fourth-order valence-electron chi connectivity index (χ4n) is 4.03. The molecule has 0 aliphatic rings. The number of fused-ring (bicyclic) bond motifs is 1. The number of nitrogens with zero attached hydrogens (tertiary/aromatic N) is 1. The molecule has 172 valence electrons. The minimum absolute atomic E-state index is 0.185. The van der Waals surface area contributed by atoms with Crippen molar-refractivity contribution in [2.45, 2.75) is 26.8 Å². The minimum Gasteiger partial charge on any atom is -0.478 e. The van der Waals surface area contributed by atoms with Crippen LogP contribution in [0.2, 0.25) is 0 Å². The molecular weight excluding hydrogens is 433 g/mol. The van der Waals surface area contributed by atoms with E-state index in [0.717, 1.165) is 16.5 Å². The first-order valence-corrected chi connectivity index (χ1v) is 10.8. The van der Waals surface area contributed by atoms with Crippen LogP contribution in [0.1, 0.15) is 41.4 Å². The average molecular weight is 458 g/mol. The number of pyridine rings is 1. The monoisotopic (exact) mass is 457 g/mol. The molecule has 0 bridgehead atoms. The van der Waals surface area contributed by atoms with Crippen LogP contribution in [0.25, 0.3) is 22.0 Å². The van der Waals surface area contributed by atoms with Crippen molar-refractivity contribution in [2.24, 2.45) is 0 Å². The van der Waals surface area contributed by atoms with Crippen LogP contribution in [0.4, 0.5) is 15.9 Å². The van der Waals surface area contributed by atoms with Gasteiger partial charge in [0.2, 0.25) is 5.91 Å². The molecule has 0 fully saturated rings. The molecule has 34 heavy (non-hydrogen) atoms. The lowest BCUT2D eigenvalue weighted by molar-refractivity contribution is -0.114. The maximum atomic E-state index is 13.5. The Kier molecular flexibility index (Phi) is 6.27. The number of carbonyl (C=O) groups excluding carboxylic acids is 1. The van der Waals surface area contributed by atoms with Crippen molar-refractivity contribution in [3.05, 3.63) is 89.2 Å². The molecule has 0 aliphatic carbocycles. The van der Waals surface area contributed by atoms with Crippen molar-refractivity contribution < 1.29 is 19.1 Å². The van der Waals surface area contributed by atoms with Gasteiger partial charge in [-0.1, -0.05) is 30.3 Å². The molecule has 1 aromatic heterocycles. The number of halogens is 1. The maximum absolute atomic E-state index is 13.5. The minimum atomic E-state index is -1.01. The average Bonchev–Trinajstić information content (AvgIpc) is 2.78. The Labute approximate surface area is 196 Å². The molecule has 1 heterocycles. The Morgan fingerprint density at radius 2 is 1.74 bits per heavy atom. The summed E-state index contributed by atoms with van der Waals surface area (Å²) in [5.74, 6) is -1.24. The van der Waals surface area contributed by atoms with E-state index < -0.39 is 5.97 Å². The highest BCUT2D eigenvalue weighted by Crippen LogP contribution is 2.35. The zero-order valence-electron chi connectivity index (χ0n) is 19.0. The first kappa shape index (κ1) is 22.9. The van der Waals surface area contributed by atoms with Gasteiger partial charge in [-0.25, -0.2) is 14.2 Å². The molecule has 3 aromatic carbocycles. The third-order valence-corrected chi connectivity index (χ3v) is 5.56. The fraction of sp³-hybridized carbons (Fsp3) is 0.148. The van der Waals surface area contributed by atoms with Gasteiger partial charge in [0.05, 0.1) is 11.1 Å². The lowest BCUT2D eigenvalue weighted by Crippen LogP contribution is -2.12. The number of benzene rings is 3. The van der Waals surface area contributed by atoms with Gasteiger partial charge >= 0.3 is 5.97 Å². The lowest BCUT2D eigenvalue weighted by atomic mass is 9.96. The summed E-state index contributed by atoms with van der Waals surface area (Å²) < 4.78 is 13.5. The number of carboxylic acid groups (broad SMARTS) is 1. The second-order valence-corrected chi connectivity index (χ2v) is 8.21. The highest BCUT2D eigenvalue weighted by Gasteiger charge is 2.18. The van der Waals surface area contributed by atoms with Crippen LogP contribution >= 0.6 is 0 Å². The number of hydrogen-bond donors (Lipinski definition) is 3. The summed E-state index contributed by atoms with van der Waals surface area (Å²) in [7, 11) is 0. The highest BCUT2D eigenvalue weighted by atomic mass is 19.1. The van der Waals surface area contributed by atoms with Crippen molar-refractivity contribution in [1.29, 1.82) is 0 Å². The number of aryl methyl sites for hydroxylation is 1. The first-order chi connectivity index (χ1) is 16.2. The molecule has 3 N–H and O–H groups in total. The zero-order valence-corrected chi connectivity index (χ0v) is 19.0. The Morgan fingerprint density at radius 3 is 2.41 bits per heavy atom. The van der Waals surface area contributed by atoms with Crippen molar-refractivity contribution in [2.75, 3.05) is 10.6 Å². The molecule has 1 unspecified atom stereocenters. The number of hydrogen-bond acceptors (Lipinski definition) is 4. The summed E-state index contributed by atoms with van der Waals surface area (Å²) in [5.41, 5.74) is 4.64. The number of aromatic nitrogens is 1. The number of para-hydroxylation sites is 1. The second kappa shape index (κ2) is 9.31. The Balaban J connectivity index is 1.87. The van der Waals surface area contributed by atoms with Crippen molar-refractivity contribution in [1.82, 2.24) is 4.98 Å². The number of aromatic carboxylic acids is 1. The van der Waals surface area contributed by atoms with Crippen LogP contribution in [0.3, 0.4) is 0 Å². The van der Waals surface area contributed by atoms with Crippen molar-refractivity contribution in [3.8, 4) is 11.1 Å². The van der Waals surface area contributed by atoms with E-state index in [2.05, 4.69) is 10.6 Å². The highest BCUT2D eigenvalue weighted by molar-refractivity contribution is 5.98. The molecule has 4 aromatic rings. The normalized spacial score (nSPS) is 11.8. The predicted molar refractivity (Wildman–Crippen MR) is 132 cm³/mol. The van der Waals surface area contributed by atoms with Crippen LogP contribution in [-0.4, -0.2) is 22.0 Å². The van der Waals surface area contributed by atoms with Crippen LogP contribution < -0.4 is 10.6 Å². The third kappa shape index (κ3) is 4.73. The molecule has 0 saturated carbocycles. The quantitative estimate of drug-likeness (QED) is 0.322. The molecule has 0 aliphatic heterocycles. The van der Waals surface area contributed by atoms with E-state index >= 15 is 0 Å². The van der Waals surface area contributed by atoms with E-state index in [1.165, 1.54) is 19.1 Å². The summed E-state index contributed by atoms with van der Waals surface area (Å²) in [4.78, 5) is 28.2. The van der Waals surface area contributed by atoms with Gasteiger partial charge in [-0.05, 0) is 66.9 Å². The summed E-state index contributed by atoms with van der Waals surface area (Å²) in [6, 6.07) is 18.4. The maximum Gasteiger partial charge on any atom is 0.337 e. The van der Waals surface area contributed by atoms with Gasteiger partial charge in [-0.15, -0.1) is 0 Å². The van der Waals surface area contributed by atoms with Gasteiger partial charge in [0.25, 0.3) is 0 Å². The third-order valence-electron chi connectivity index (χ3n) is 5.56. The second-order valence-electron chi connectivity index (χ2n) is 8.21. The van der Waals surface area contributed by atoms with Crippen LogP contribution in [0.5, 0.6) is 0 Å².